The van der Waals surface area contributed by atoms with Crippen molar-refractivity contribution < 1.29 is 9.53 Å². The van der Waals surface area contributed by atoms with Gasteiger partial charge in [-0.3, -0.25) is 9.78 Å². The fourth-order valence-electron chi connectivity index (χ4n) is 1.35. The van der Waals surface area contributed by atoms with Crippen LogP contribution in [0.25, 0.3) is 0 Å². The monoisotopic (exact) mass is 222 g/mol. The van der Waals surface area contributed by atoms with Gasteiger partial charge in [0.15, 0.2) is 0 Å². The third-order valence-electron chi connectivity index (χ3n) is 2.51. The van der Waals surface area contributed by atoms with Gasteiger partial charge in [0.25, 0.3) is 5.91 Å². The minimum absolute atomic E-state index is 0.00145. The number of carbonyl (C=O) groups excluding carboxylic acids is 1. The first kappa shape index (κ1) is 12.6. The Hall–Kier alpha value is -1.42. The van der Waals surface area contributed by atoms with Crippen LogP contribution in [0, 0.1) is 0 Å². The molecule has 1 rings (SSSR count). The van der Waals surface area contributed by atoms with Crippen LogP contribution in [0.4, 0.5) is 0 Å². The van der Waals surface area contributed by atoms with Crippen molar-refractivity contribution in [2.75, 3.05) is 20.7 Å². The summed E-state index contributed by atoms with van der Waals surface area (Å²) >= 11 is 0. The van der Waals surface area contributed by atoms with E-state index in [2.05, 4.69) is 4.98 Å². The lowest BCUT2D eigenvalue weighted by atomic mass is 10.2. The lowest BCUT2D eigenvalue weighted by Gasteiger charge is -2.20. The third kappa shape index (κ3) is 3.62. The Morgan fingerprint density at radius 1 is 1.56 bits per heavy atom. The van der Waals surface area contributed by atoms with E-state index < -0.39 is 0 Å². The first-order chi connectivity index (χ1) is 7.65. The second-order valence-corrected chi connectivity index (χ2v) is 3.71. The molecule has 0 radical (unpaired) electrons. The van der Waals surface area contributed by atoms with Crippen molar-refractivity contribution in [3.8, 4) is 0 Å². The van der Waals surface area contributed by atoms with Crippen molar-refractivity contribution in [2.45, 2.75) is 19.4 Å². The minimum atomic E-state index is -0.381. The van der Waals surface area contributed by atoms with Crippen molar-refractivity contribution in [1.29, 1.82) is 0 Å². The standard InChI is InChI=1S/C12H18N2O2/c1-10(16-3)12(15)14(2)9-7-11-6-4-5-8-13-11/h4-6,8,10H,7,9H2,1-3H3. The maximum Gasteiger partial charge on any atom is 0.251 e. The van der Waals surface area contributed by atoms with Crippen molar-refractivity contribution >= 4 is 5.91 Å². The molecule has 0 aliphatic heterocycles. The van der Waals surface area contributed by atoms with E-state index in [0.29, 0.717) is 6.54 Å². The summed E-state index contributed by atoms with van der Waals surface area (Å²) in [6.07, 6.45) is 2.14. The van der Waals surface area contributed by atoms with E-state index in [0.717, 1.165) is 12.1 Å². The molecule has 4 heteroatoms. The minimum Gasteiger partial charge on any atom is -0.372 e. The number of nitrogens with zero attached hydrogens (tertiary/aromatic N) is 2. The summed E-state index contributed by atoms with van der Waals surface area (Å²) in [5, 5.41) is 0. The molecular weight excluding hydrogens is 204 g/mol. The van der Waals surface area contributed by atoms with Gasteiger partial charge >= 0.3 is 0 Å². The third-order valence-corrected chi connectivity index (χ3v) is 2.51. The van der Waals surface area contributed by atoms with Crippen LogP contribution in [0.15, 0.2) is 24.4 Å². The fourth-order valence-corrected chi connectivity index (χ4v) is 1.35. The maximum absolute atomic E-state index is 11.7. The molecule has 0 spiro atoms. The molecule has 0 aromatic carbocycles. The van der Waals surface area contributed by atoms with Gasteiger partial charge in [-0.15, -0.1) is 0 Å². The predicted octanol–water partition coefficient (Wildman–Crippen LogP) is 1.12. The molecule has 0 aliphatic rings. The Morgan fingerprint density at radius 2 is 2.31 bits per heavy atom. The zero-order chi connectivity index (χ0) is 12.0. The number of rotatable bonds is 5. The van der Waals surface area contributed by atoms with E-state index in [1.807, 2.05) is 18.2 Å². The topological polar surface area (TPSA) is 42.4 Å². The number of hydrogen-bond donors (Lipinski definition) is 0. The zero-order valence-corrected chi connectivity index (χ0v) is 10.0. The first-order valence-electron chi connectivity index (χ1n) is 5.33. The largest absolute Gasteiger partial charge is 0.372 e. The molecule has 1 aromatic heterocycles. The van der Waals surface area contributed by atoms with Gasteiger partial charge in [0, 0.05) is 39.0 Å². The van der Waals surface area contributed by atoms with Gasteiger partial charge < -0.3 is 9.64 Å². The van der Waals surface area contributed by atoms with E-state index in [1.165, 1.54) is 7.11 Å². The lowest BCUT2D eigenvalue weighted by Crippen LogP contribution is -2.37. The second kappa shape index (κ2) is 6.23. The van der Waals surface area contributed by atoms with E-state index in [1.54, 1.807) is 25.1 Å². The van der Waals surface area contributed by atoms with E-state index in [4.69, 9.17) is 4.74 Å². The number of aromatic nitrogens is 1. The smallest absolute Gasteiger partial charge is 0.251 e. The number of pyridine rings is 1. The van der Waals surface area contributed by atoms with Crippen LogP contribution in [-0.4, -0.2) is 42.6 Å². The van der Waals surface area contributed by atoms with Crippen LogP contribution in [0.2, 0.25) is 0 Å². The summed E-state index contributed by atoms with van der Waals surface area (Å²) in [5.41, 5.74) is 0.993. The molecule has 0 fully saturated rings. The molecule has 0 saturated carbocycles. The van der Waals surface area contributed by atoms with Crippen LogP contribution in [0.5, 0.6) is 0 Å². The van der Waals surface area contributed by atoms with Crippen molar-refractivity contribution in [1.82, 2.24) is 9.88 Å². The quantitative estimate of drug-likeness (QED) is 0.749. The second-order valence-electron chi connectivity index (χ2n) is 3.71. The van der Waals surface area contributed by atoms with Crippen LogP contribution in [-0.2, 0) is 16.0 Å². The van der Waals surface area contributed by atoms with Gasteiger partial charge in [-0.2, -0.15) is 0 Å². The normalized spacial score (nSPS) is 12.2. The van der Waals surface area contributed by atoms with Crippen molar-refractivity contribution in [3.63, 3.8) is 0 Å². The number of amides is 1. The highest BCUT2D eigenvalue weighted by Gasteiger charge is 2.16. The molecule has 0 bridgehead atoms. The van der Waals surface area contributed by atoms with Crippen LogP contribution in [0.1, 0.15) is 12.6 Å². The zero-order valence-electron chi connectivity index (χ0n) is 10.0. The van der Waals surface area contributed by atoms with Gasteiger partial charge in [0.1, 0.15) is 6.10 Å². The predicted molar refractivity (Wildman–Crippen MR) is 62.0 cm³/mol. The number of ether oxygens (including phenoxy) is 1. The summed E-state index contributed by atoms with van der Waals surface area (Å²) < 4.78 is 4.98. The highest BCUT2D eigenvalue weighted by atomic mass is 16.5. The maximum atomic E-state index is 11.7. The highest BCUT2D eigenvalue weighted by Crippen LogP contribution is 1.99. The van der Waals surface area contributed by atoms with Gasteiger partial charge in [0.05, 0.1) is 0 Å². The molecule has 1 aromatic rings. The molecule has 0 N–H and O–H groups in total. The molecule has 1 atom stereocenters. The Morgan fingerprint density at radius 3 is 2.88 bits per heavy atom. The average Bonchev–Trinajstić information content (AvgIpc) is 2.35. The Bertz CT molecular complexity index is 327. The molecule has 1 unspecified atom stereocenters. The van der Waals surface area contributed by atoms with E-state index in [-0.39, 0.29) is 12.0 Å². The van der Waals surface area contributed by atoms with E-state index >= 15 is 0 Å². The van der Waals surface area contributed by atoms with Crippen LogP contribution in [0.3, 0.4) is 0 Å². The Kier molecular flexibility index (Phi) is 4.92. The molecule has 1 amide bonds. The number of carbonyl (C=O) groups is 1. The molecular formula is C12H18N2O2. The summed E-state index contributed by atoms with van der Waals surface area (Å²) in [5.74, 6) is -0.00145. The number of methoxy groups -OCH3 is 1. The summed E-state index contributed by atoms with van der Waals surface area (Å²) in [4.78, 5) is 17.6. The molecule has 0 aliphatic carbocycles. The molecule has 1 heterocycles. The Balaban J connectivity index is 2.41. The number of likely N-dealkylation sites (N-methyl/N-ethyl adjacent to an activating group) is 1. The Labute approximate surface area is 96.2 Å². The van der Waals surface area contributed by atoms with Crippen molar-refractivity contribution in [2.24, 2.45) is 0 Å². The van der Waals surface area contributed by atoms with Crippen molar-refractivity contribution in [3.05, 3.63) is 30.1 Å². The first-order valence-corrected chi connectivity index (χ1v) is 5.33. The van der Waals surface area contributed by atoms with Gasteiger partial charge in [-0.1, -0.05) is 6.07 Å². The van der Waals surface area contributed by atoms with Crippen LogP contribution < -0.4 is 0 Å². The summed E-state index contributed by atoms with van der Waals surface area (Å²) in [6, 6.07) is 5.78. The van der Waals surface area contributed by atoms with Gasteiger partial charge in [0.2, 0.25) is 0 Å². The van der Waals surface area contributed by atoms with Crippen LogP contribution >= 0.6 is 0 Å². The fraction of sp³-hybridized carbons (Fsp3) is 0.500. The van der Waals surface area contributed by atoms with Gasteiger partial charge in [-0.25, -0.2) is 0 Å². The summed E-state index contributed by atoms with van der Waals surface area (Å²) in [7, 11) is 3.32. The molecule has 4 nitrogen and oxygen atoms in total. The summed E-state index contributed by atoms with van der Waals surface area (Å²) in [6.45, 7) is 2.41. The van der Waals surface area contributed by atoms with E-state index in [9.17, 15) is 4.79 Å². The highest BCUT2D eigenvalue weighted by molar-refractivity contribution is 5.80. The molecule has 88 valence electrons. The van der Waals surface area contributed by atoms with Gasteiger partial charge in [-0.05, 0) is 19.1 Å². The SMILES string of the molecule is COC(C)C(=O)N(C)CCc1ccccn1. The average molecular weight is 222 g/mol. The molecule has 16 heavy (non-hydrogen) atoms. The molecule has 0 saturated heterocycles. The number of hydrogen-bond acceptors (Lipinski definition) is 3. The lowest BCUT2D eigenvalue weighted by molar-refractivity contribution is -0.139.